The van der Waals surface area contributed by atoms with E-state index in [1.165, 1.54) is 6.07 Å². The first-order valence-electron chi connectivity index (χ1n) is 7.08. The summed E-state index contributed by atoms with van der Waals surface area (Å²) in [5, 5.41) is 4.49. The molecular formula is C18H17FN2. The van der Waals surface area contributed by atoms with Crippen LogP contribution >= 0.6 is 0 Å². The first-order valence-corrected chi connectivity index (χ1v) is 7.08. The van der Waals surface area contributed by atoms with E-state index in [2.05, 4.69) is 10.3 Å². The molecule has 0 radical (unpaired) electrons. The van der Waals surface area contributed by atoms with Gasteiger partial charge in [-0.3, -0.25) is 4.98 Å². The number of nitrogens with one attached hydrogen (secondary N) is 1. The van der Waals surface area contributed by atoms with Crippen LogP contribution in [0.5, 0.6) is 0 Å². The minimum Gasteiger partial charge on any atom is -0.384 e. The van der Waals surface area contributed by atoms with E-state index in [4.69, 9.17) is 0 Å². The number of hydrogen-bond donors (Lipinski definition) is 1. The Balaban J connectivity index is 1.78. The molecule has 0 aliphatic heterocycles. The smallest absolute Gasteiger partial charge is 0.126 e. The lowest BCUT2D eigenvalue weighted by Gasteiger charge is -2.11. The first kappa shape index (κ1) is 13.6. The fourth-order valence-electron chi connectivity index (χ4n) is 2.49. The summed E-state index contributed by atoms with van der Waals surface area (Å²) < 4.78 is 13.6. The number of para-hydroxylation sites is 1. The van der Waals surface area contributed by atoms with Crippen LogP contribution in [-0.4, -0.2) is 11.5 Å². The minimum atomic E-state index is -0.143. The number of fused-ring (bicyclic) bond motifs is 1. The standard InChI is InChI=1S/C18H17FN2/c1-13-12-18(15-7-3-5-9-17(15)21-13)20-11-10-14-6-2-4-8-16(14)19/h2-9,12H,10-11H2,1H3,(H,20,21). The second kappa shape index (κ2) is 5.92. The molecule has 1 N–H and O–H groups in total. The van der Waals surface area contributed by atoms with Crippen LogP contribution in [0.3, 0.4) is 0 Å². The number of hydrogen-bond acceptors (Lipinski definition) is 2. The molecule has 0 spiro atoms. The number of pyridine rings is 1. The van der Waals surface area contributed by atoms with Gasteiger partial charge in [-0.25, -0.2) is 4.39 Å². The third-order valence-electron chi connectivity index (χ3n) is 3.51. The van der Waals surface area contributed by atoms with Crippen LogP contribution in [0.1, 0.15) is 11.3 Å². The highest BCUT2D eigenvalue weighted by Crippen LogP contribution is 2.22. The summed E-state index contributed by atoms with van der Waals surface area (Å²) >= 11 is 0. The van der Waals surface area contributed by atoms with Gasteiger partial charge in [-0.2, -0.15) is 0 Å². The Morgan fingerprint density at radius 1 is 1.05 bits per heavy atom. The highest BCUT2D eigenvalue weighted by molar-refractivity contribution is 5.91. The van der Waals surface area contributed by atoms with Crippen molar-refractivity contribution in [2.24, 2.45) is 0 Å². The molecule has 1 aromatic heterocycles. The number of anilines is 1. The summed E-state index contributed by atoms with van der Waals surface area (Å²) in [4.78, 5) is 4.52. The third kappa shape index (κ3) is 3.02. The maximum absolute atomic E-state index is 13.6. The average molecular weight is 280 g/mol. The summed E-state index contributed by atoms with van der Waals surface area (Å²) in [6.07, 6.45) is 0.655. The fourth-order valence-corrected chi connectivity index (χ4v) is 2.49. The van der Waals surface area contributed by atoms with Gasteiger partial charge in [0.25, 0.3) is 0 Å². The maximum Gasteiger partial charge on any atom is 0.126 e. The topological polar surface area (TPSA) is 24.9 Å². The molecule has 0 unspecified atom stereocenters. The van der Waals surface area contributed by atoms with Crippen LogP contribution in [0.2, 0.25) is 0 Å². The van der Waals surface area contributed by atoms with Crippen LogP contribution in [0.15, 0.2) is 54.6 Å². The molecular weight excluding hydrogens is 263 g/mol. The molecule has 3 heteroatoms. The van der Waals surface area contributed by atoms with Crippen molar-refractivity contribution < 1.29 is 4.39 Å². The van der Waals surface area contributed by atoms with E-state index >= 15 is 0 Å². The van der Waals surface area contributed by atoms with Crippen molar-refractivity contribution in [1.29, 1.82) is 0 Å². The van der Waals surface area contributed by atoms with Crippen LogP contribution < -0.4 is 5.32 Å². The van der Waals surface area contributed by atoms with Crippen molar-refractivity contribution in [2.75, 3.05) is 11.9 Å². The van der Waals surface area contributed by atoms with E-state index in [0.29, 0.717) is 13.0 Å². The van der Waals surface area contributed by atoms with E-state index in [-0.39, 0.29) is 5.82 Å². The number of aryl methyl sites for hydroxylation is 1. The highest BCUT2D eigenvalue weighted by Gasteiger charge is 2.04. The molecule has 0 amide bonds. The van der Waals surface area contributed by atoms with Crippen LogP contribution in [-0.2, 0) is 6.42 Å². The zero-order valence-electron chi connectivity index (χ0n) is 11.9. The van der Waals surface area contributed by atoms with Crippen molar-refractivity contribution in [3.05, 3.63) is 71.7 Å². The summed E-state index contributed by atoms with van der Waals surface area (Å²) in [6.45, 7) is 2.67. The van der Waals surface area contributed by atoms with E-state index in [0.717, 1.165) is 27.8 Å². The lowest BCUT2D eigenvalue weighted by atomic mass is 10.1. The molecule has 0 saturated carbocycles. The summed E-state index contributed by atoms with van der Waals surface area (Å²) in [5.74, 6) is -0.143. The van der Waals surface area contributed by atoms with Crippen molar-refractivity contribution in [1.82, 2.24) is 4.98 Å². The normalized spacial score (nSPS) is 10.8. The number of aromatic nitrogens is 1. The quantitative estimate of drug-likeness (QED) is 0.769. The molecule has 1 heterocycles. The molecule has 3 aromatic rings. The molecule has 0 bridgehead atoms. The van der Waals surface area contributed by atoms with Gasteiger partial charge in [0.2, 0.25) is 0 Å². The second-order valence-corrected chi connectivity index (χ2v) is 5.10. The van der Waals surface area contributed by atoms with Gasteiger partial charge in [-0.15, -0.1) is 0 Å². The van der Waals surface area contributed by atoms with E-state index in [1.807, 2.05) is 49.4 Å². The van der Waals surface area contributed by atoms with Gasteiger partial charge in [-0.1, -0.05) is 36.4 Å². The largest absolute Gasteiger partial charge is 0.384 e. The van der Waals surface area contributed by atoms with E-state index < -0.39 is 0 Å². The zero-order valence-corrected chi connectivity index (χ0v) is 11.9. The van der Waals surface area contributed by atoms with Crippen LogP contribution in [0.25, 0.3) is 10.9 Å². The summed E-state index contributed by atoms with van der Waals surface area (Å²) in [7, 11) is 0. The Kier molecular flexibility index (Phi) is 3.82. The zero-order chi connectivity index (χ0) is 14.7. The van der Waals surface area contributed by atoms with E-state index in [1.54, 1.807) is 6.07 Å². The molecule has 0 atom stereocenters. The number of benzene rings is 2. The lowest BCUT2D eigenvalue weighted by Crippen LogP contribution is -2.07. The number of rotatable bonds is 4. The monoisotopic (exact) mass is 280 g/mol. The van der Waals surface area contributed by atoms with Gasteiger partial charge in [0, 0.05) is 23.3 Å². The van der Waals surface area contributed by atoms with Gasteiger partial charge < -0.3 is 5.32 Å². The van der Waals surface area contributed by atoms with Crippen molar-refractivity contribution in [2.45, 2.75) is 13.3 Å². The predicted octanol–water partition coefficient (Wildman–Crippen LogP) is 4.34. The first-order chi connectivity index (χ1) is 10.2. The third-order valence-corrected chi connectivity index (χ3v) is 3.51. The van der Waals surface area contributed by atoms with Gasteiger partial charge >= 0.3 is 0 Å². The van der Waals surface area contributed by atoms with Gasteiger partial charge in [0.05, 0.1) is 5.52 Å². The Morgan fingerprint density at radius 3 is 2.67 bits per heavy atom. The SMILES string of the molecule is Cc1cc(NCCc2ccccc2F)c2ccccc2n1. The summed E-state index contributed by atoms with van der Waals surface area (Å²) in [6, 6.07) is 17.0. The Hall–Kier alpha value is -2.42. The predicted molar refractivity (Wildman–Crippen MR) is 85.1 cm³/mol. The molecule has 2 nitrogen and oxygen atoms in total. The molecule has 0 aliphatic rings. The van der Waals surface area contributed by atoms with Crippen molar-refractivity contribution in [3.63, 3.8) is 0 Å². The fraction of sp³-hybridized carbons (Fsp3) is 0.167. The molecule has 0 aliphatic carbocycles. The van der Waals surface area contributed by atoms with Gasteiger partial charge in [0.1, 0.15) is 5.82 Å². The van der Waals surface area contributed by atoms with Crippen LogP contribution in [0, 0.1) is 12.7 Å². The number of nitrogens with zero attached hydrogens (tertiary/aromatic N) is 1. The second-order valence-electron chi connectivity index (χ2n) is 5.10. The van der Waals surface area contributed by atoms with Gasteiger partial charge in [0.15, 0.2) is 0 Å². The molecule has 3 rings (SSSR count). The Morgan fingerprint density at radius 2 is 1.81 bits per heavy atom. The van der Waals surface area contributed by atoms with Crippen LogP contribution in [0.4, 0.5) is 10.1 Å². The molecule has 0 saturated heterocycles. The highest BCUT2D eigenvalue weighted by atomic mass is 19.1. The summed E-state index contributed by atoms with van der Waals surface area (Å²) in [5.41, 5.74) is 3.74. The molecule has 21 heavy (non-hydrogen) atoms. The number of halogens is 1. The molecule has 2 aromatic carbocycles. The van der Waals surface area contributed by atoms with E-state index in [9.17, 15) is 4.39 Å². The maximum atomic E-state index is 13.6. The minimum absolute atomic E-state index is 0.143. The molecule has 106 valence electrons. The lowest BCUT2D eigenvalue weighted by molar-refractivity contribution is 0.610. The molecule has 0 fully saturated rings. The van der Waals surface area contributed by atoms with Crippen molar-refractivity contribution in [3.8, 4) is 0 Å². The van der Waals surface area contributed by atoms with Crippen molar-refractivity contribution >= 4 is 16.6 Å². The average Bonchev–Trinajstić information content (AvgIpc) is 2.49. The Bertz CT molecular complexity index is 768. The Labute approximate surface area is 123 Å². The van der Waals surface area contributed by atoms with Gasteiger partial charge in [-0.05, 0) is 37.1 Å².